The SMILES string of the molecule is CSc1cnc(NC[C@H](C)COC(N)=O)nc1. The number of primary amides is 1. The summed E-state index contributed by atoms with van der Waals surface area (Å²) >= 11 is 1.59. The lowest BCUT2D eigenvalue weighted by atomic mass is 10.2. The van der Waals surface area contributed by atoms with Gasteiger partial charge in [0.25, 0.3) is 0 Å². The summed E-state index contributed by atoms with van der Waals surface area (Å²) in [4.78, 5) is 19.7. The average molecular weight is 256 g/mol. The van der Waals surface area contributed by atoms with Gasteiger partial charge in [-0.1, -0.05) is 6.92 Å². The minimum atomic E-state index is -0.752. The number of hydrogen-bond acceptors (Lipinski definition) is 6. The van der Waals surface area contributed by atoms with E-state index in [1.807, 2.05) is 13.2 Å². The van der Waals surface area contributed by atoms with Crippen LogP contribution >= 0.6 is 11.8 Å². The Labute approximate surface area is 104 Å². The molecule has 0 aliphatic rings. The van der Waals surface area contributed by atoms with Crippen molar-refractivity contribution < 1.29 is 9.53 Å². The van der Waals surface area contributed by atoms with E-state index in [-0.39, 0.29) is 12.5 Å². The topological polar surface area (TPSA) is 90.1 Å². The average Bonchev–Trinajstić information content (AvgIpc) is 2.34. The molecule has 1 amide bonds. The second-order valence-electron chi connectivity index (χ2n) is 3.56. The number of hydrogen-bond donors (Lipinski definition) is 2. The van der Waals surface area contributed by atoms with E-state index in [0.717, 1.165) is 4.90 Å². The zero-order chi connectivity index (χ0) is 12.7. The Bertz CT molecular complexity index is 358. The van der Waals surface area contributed by atoms with E-state index in [4.69, 9.17) is 5.73 Å². The Hall–Kier alpha value is -1.50. The van der Waals surface area contributed by atoms with Crippen LogP contribution < -0.4 is 11.1 Å². The number of amides is 1. The Morgan fingerprint density at radius 1 is 1.59 bits per heavy atom. The number of carbonyl (C=O) groups excluding carboxylic acids is 1. The molecule has 1 rings (SSSR count). The molecule has 94 valence electrons. The smallest absolute Gasteiger partial charge is 0.404 e. The summed E-state index contributed by atoms with van der Waals surface area (Å²) in [5.41, 5.74) is 4.87. The predicted octanol–water partition coefficient (Wildman–Crippen LogP) is 1.34. The van der Waals surface area contributed by atoms with Gasteiger partial charge in [-0.05, 0) is 6.26 Å². The van der Waals surface area contributed by atoms with Crippen LogP contribution in [0.15, 0.2) is 17.3 Å². The zero-order valence-electron chi connectivity index (χ0n) is 9.84. The van der Waals surface area contributed by atoms with Gasteiger partial charge in [-0.15, -0.1) is 11.8 Å². The first-order valence-electron chi connectivity index (χ1n) is 5.14. The Morgan fingerprint density at radius 3 is 2.76 bits per heavy atom. The first-order valence-corrected chi connectivity index (χ1v) is 6.36. The maximum Gasteiger partial charge on any atom is 0.404 e. The summed E-state index contributed by atoms with van der Waals surface area (Å²) in [6.45, 7) is 2.84. The van der Waals surface area contributed by atoms with E-state index in [0.29, 0.717) is 12.5 Å². The molecule has 0 aliphatic heterocycles. The molecule has 3 N–H and O–H groups in total. The minimum absolute atomic E-state index is 0.145. The molecule has 0 aromatic carbocycles. The van der Waals surface area contributed by atoms with Crippen LogP contribution in [0.2, 0.25) is 0 Å². The third-order valence-electron chi connectivity index (χ3n) is 1.98. The highest BCUT2D eigenvalue weighted by Gasteiger charge is 2.05. The third kappa shape index (κ3) is 5.39. The number of nitrogens with one attached hydrogen (secondary N) is 1. The molecule has 0 radical (unpaired) electrons. The molecule has 0 fully saturated rings. The van der Waals surface area contributed by atoms with Crippen molar-refractivity contribution in [1.82, 2.24) is 9.97 Å². The third-order valence-corrected chi connectivity index (χ3v) is 2.66. The fourth-order valence-corrected chi connectivity index (χ4v) is 1.38. The highest BCUT2D eigenvalue weighted by atomic mass is 32.2. The van der Waals surface area contributed by atoms with Gasteiger partial charge in [0, 0.05) is 29.8 Å². The van der Waals surface area contributed by atoms with Crippen LogP contribution in [0.25, 0.3) is 0 Å². The van der Waals surface area contributed by atoms with E-state index in [2.05, 4.69) is 20.0 Å². The number of nitrogens with two attached hydrogens (primary N) is 1. The van der Waals surface area contributed by atoms with Crippen LogP contribution in [0.1, 0.15) is 6.92 Å². The Balaban J connectivity index is 2.31. The fraction of sp³-hybridized carbons (Fsp3) is 0.500. The highest BCUT2D eigenvalue weighted by Crippen LogP contribution is 2.12. The Morgan fingerprint density at radius 2 is 2.24 bits per heavy atom. The first-order chi connectivity index (χ1) is 8.11. The van der Waals surface area contributed by atoms with Crippen LogP contribution in [0.4, 0.5) is 10.7 Å². The molecule has 0 unspecified atom stereocenters. The monoisotopic (exact) mass is 256 g/mol. The molecule has 1 aromatic heterocycles. The lowest BCUT2D eigenvalue weighted by Gasteiger charge is -2.11. The first kappa shape index (κ1) is 13.6. The van der Waals surface area contributed by atoms with Gasteiger partial charge >= 0.3 is 6.09 Å². The number of rotatable bonds is 6. The van der Waals surface area contributed by atoms with Crippen LogP contribution in [0, 0.1) is 5.92 Å². The molecule has 0 saturated carbocycles. The Kier molecular flexibility index (Phi) is 5.55. The second kappa shape index (κ2) is 6.95. The van der Waals surface area contributed by atoms with Crippen LogP contribution in [-0.4, -0.2) is 35.5 Å². The van der Waals surface area contributed by atoms with E-state index in [1.165, 1.54) is 0 Å². The van der Waals surface area contributed by atoms with Gasteiger partial charge < -0.3 is 15.8 Å². The minimum Gasteiger partial charge on any atom is -0.449 e. The number of ether oxygens (including phenoxy) is 1. The summed E-state index contributed by atoms with van der Waals surface area (Å²) in [5, 5.41) is 3.06. The summed E-state index contributed by atoms with van der Waals surface area (Å²) < 4.78 is 4.68. The molecule has 0 aliphatic carbocycles. The fourth-order valence-electron chi connectivity index (χ4n) is 1.06. The molecule has 6 nitrogen and oxygen atoms in total. The number of carbonyl (C=O) groups is 1. The van der Waals surface area contributed by atoms with Gasteiger partial charge in [0.05, 0.1) is 6.61 Å². The molecule has 0 spiro atoms. The van der Waals surface area contributed by atoms with Gasteiger partial charge in [-0.25, -0.2) is 14.8 Å². The van der Waals surface area contributed by atoms with Crippen molar-refractivity contribution in [3.05, 3.63) is 12.4 Å². The summed E-state index contributed by atoms with van der Waals surface area (Å²) in [6, 6.07) is 0. The molecule has 0 bridgehead atoms. The van der Waals surface area contributed by atoms with Crippen LogP contribution in [0.3, 0.4) is 0 Å². The predicted molar refractivity (Wildman–Crippen MR) is 67.0 cm³/mol. The highest BCUT2D eigenvalue weighted by molar-refractivity contribution is 7.98. The molecule has 17 heavy (non-hydrogen) atoms. The van der Waals surface area contributed by atoms with Crippen molar-refractivity contribution in [3.8, 4) is 0 Å². The van der Waals surface area contributed by atoms with Gasteiger partial charge in [0.1, 0.15) is 0 Å². The maximum atomic E-state index is 10.4. The summed E-state index contributed by atoms with van der Waals surface area (Å²) in [6.07, 6.45) is 4.72. The van der Waals surface area contributed by atoms with Crippen molar-refractivity contribution in [2.24, 2.45) is 11.7 Å². The number of thioether (sulfide) groups is 1. The van der Waals surface area contributed by atoms with Gasteiger partial charge in [0.15, 0.2) is 0 Å². The van der Waals surface area contributed by atoms with Crippen LogP contribution in [0.5, 0.6) is 0 Å². The molecule has 0 saturated heterocycles. The molecule has 1 aromatic rings. The second-order valence-corrected chi connectivity index (χ2v) is 4.44. The molecular formula is C10H16N4O2S. The van der Waals surface area contributed by atoms with Crippen molar-refractivity contribution in [3.63, 3.8) is 0 Å². The number of aromatic nitrogens is 2. The number of anilines is 1. The lowest BCUT2D eigenvalue weighted by molar-refractivity contribution is 0.142. The quantitative estimate of drug-likeness (QED) is 0.746. The number of nitrogens with zero attached hydrogens (tertiary/aromatic N) is 2. The normalized spacial score (nSPS) is 11.9. The lowest BCUT2D eigenvalue weighted by Crippen LogP contribution is -2.22. The molecule has 1 atom stereocenters. The molecular weight excluding hydrogens is 240 g/mol. The van der Waals surface area contributed by atoms with Crippen molar-refractivity contribution in [2.45, 2.75) is 11.8 Å². The summed E-state index contributed by atoms with van der Waals surface area (Å²) in [7, 11) is 0. The maximum absolute atomic E-state index is 10.4. The molecule has 7 heteroatoms. The van der Waals surface area contributed by atoms with Gasteiger partial charge in [0.2, 0.25) is 5.95 Å². The van der Waals surface area contributed by atoms with Crippen molar-refractivity contribution in [1.29, 1.82) is 0 Å². The van der Waals surface area contributed by atoms with E-state index in [1.54, 1.807) is 24.2 Å². The van der Waals surface area contributed by atoms with E-state index in [9.17, 15) is 4.79 Å². The van der Waals surface area contributed by atoms with Gasteiger partial charge in [-0.2, -0.15) is 0 Å². The van der Waals surface area contributed by atoms with Crippen molar-refractivity contribution >= 4 is 23.8 Å². The molecule has 1 heterocycles. The van der Waals surface area contributed by atoms with Crippen LogP contribution in [-0.2, 0) is 4.74 Å². The van der Waals surface area contributed by atoms with E-state index < -0.39 is 6.09 Å². The van der Waals surface area contributed by atoms with Crippen molar-refractivity contribution in [2.75, 3.05) is 24.7 Å². The zero-order valence-corrected chi connectivity index (χ0v) is 10.7. The van der Waals surface area contributed by atoms with Gasteiger partial charge in [-0.3, -0.25) is 0 Å². The van der Waals surface area contributed by atoms with E-state index >= 15 is 0 Å². The summed E-state index contributed by atoms with van der Waals surface area (Å²) in [5.74, 6) is 0.708. The standard InChI is InChI=1S/C10H16N4O2S/c1-7(6-16-9(11)15)3-12-10-13-4-8(17-2)5-14-10/h4-5,7H,3,6H2,1-2H3,(H2,11,15)(H,12,13,14)/t7-/m0/s1. The largest absolute Gasteiger partial charge is 0.449 e.